The zero-order valence-corrected chi connectivity index (χ0v) is 50.5. The number of phosphoric ester groups is 1. The summed E-state index contributed by atoms with van der Waals surface area (Å²) in [5, 5.41) is 13.8. The molecule has 3 atom stereocenters. The lowest BCUT2D eigenvalue weighted by molar-refractivity contribution is -0.870. The molecule has 0 saturated heterocycles. The zero-order valence-electron chi connectivity index (χ0n) is 49.6. The fourth-order valence-corrected chi connectivity index (χ4v) is 8.48. The van der Waals surface area contributed by atoms with Crippen molar-refractivity contribution in [2.75, 3.05) is 40.9 Å². The number of nitrogens with zero attached hydrogens (tertiary/aromatic N) is 1. The van der Waals surface area contributed by atoms with Crippen LogP contribution < -0.4 is 10.2 Å². The van der Waals surface area contributed by atoms with Crippen LogP contribution in [-0.4, -0.2) is 68.5 Å². The van der Waals surface area contributed by atoms with Gasteiger partial charge in [0.25, 0.3) is 7.82 Å². The second-order valence-electron chi connectivity index (χ2n) is 21.0. The van der Waals surface area contributed by atoms with E-state index in [1.54, 1.807) is 6.08 Å². The number of hydrogen-bond acceptors (Lipinski definition) is 6. The average Bonchev–Trinajstić information content (AvgIpc) is 3.39. The van der Waals surface area contributed by atoms with E-state index in [4.69, 9.17) is 9.05 Å². The molecule has 0 fully saturated rings. The second-order valence-corrected chi connectivity index (χ2v) is 22.4. The highest BCUT2D eigenvalue weighted by Crippen LogP contribution is 2.38. The van der Waals surface area contributed by atoms with Crippen molar-refractivity contribution < 1.29 is 32.9 Å². The van der Waals surface area contributed by atoms with E-state index in [2.05, 4.69) is 165 Å². The molecule has 0 saturated carbocycles. The Morgan fingerprint density at radius 1 is 0.468 bits per heavy atom. The normalized spacial score (nSPS) is 14.9. The highest BCUT2D eigenvalue weighted by molar-refractivity contribution is 7.45. The predicted molar refractivity (Wildman–Crippen MR) is 334 cm³/mol. The van der Waals surface area contributed by atoms with Crippen molar-refractivity contribution in [1.82, 2.24) is 5.32 Å². The standard InChI is InChI=1S/C68H113N2O6P/c1-6-8-10-12-14-16-18-20-22-23-24-25-26-27-28-29-30-31-32-33-34-35-36-37-38-39-40-41-42-43-44-45-46-47-48-50-52-54-56-58-60-62-68(72)69-66(65-76-77(73,74)75-64-63-70(3,4)5)67(71)61-59-57-55-53-51-49-21-19-17-15-13-11-9-7-2/h8,10,14,16,20,22,24-25,27-28,30-31,33-34,36-37,39-40,42-43,45-46,51,53,59,61,66-67,71H,6-7,9,11-13,15,17-19,21,23,26,29,32,35,38,41,44,47-50,52,54-58,60,62-65H2,1-5H3,(H-,69,72,73,74)/b10-8-,16-14-,22-20-,25-24-,28-27-,31-30-,34-33-,37-36-,40-39-,43-42-,46-45-,53-51+,61-59+. The molecule has 1 amide bonds. The number of amides is 1. The summed E-state index contributed by atoms with van der Waals surface area (Å²) in [7, 11) is 1.21. The third kappa shape index (κ3) is 59.6. The van der Waals surface area contributed by atoms with Crippen molar-refractivity contribution in [3.63, 3.8) is 0 Å². The van der Waals surface area contributed by atoms with Crippen molar-refractivity contribution in [2.24, 2.45) is 0 Å². The van der Waals surface area contributed by atoms with Gasteiger partial charge >= 0.3 is 0 Å². The van der Waals surface area contributed by atoms with Crippen LogP contribution in [0.25, 0.3) is 0 Å². The number of carbonyl (C=O) groups is 1. The van der Waals surface area contributed by atoms with Crippen LogP contribution in [0.3, 0.4) is 0 Å². The molecule has 0 aromatic rings. The van der Waals surface area contributed by atoms with Crippen LogP contribution in [0.4, 0.5) is 0 Å². The molecule has 0 heterocycles. The van der Waals surface area contributed by atoms with E-state index in [1.807, 2.05) is 27.2 Å². The summed E-state index contributed by atoms with van der Waals surface area (Å²) in [5.74, 6) is -0.226. The van der Waals surface area contributed by atoms with Crippen molar-refractivity contribution in [3.05, 3.63) is 158 Å². The van der Waals surface area contributed by atoms with Crippen LogP contribution >= 0.6 is 7.82 Å². The first-order valence-electron chi connectivity index (χ1n) is 30.3. The maximum absolute atomic E-state index is 12.9. The van der Waals surface area contributed by atoms with Crippen molar-refractivity contribution in [2.45, 2.75) is 225 Å². The summed E-state index contributed by atoms with van der Waals surface area (Å²) in [4.78, 5) is 25.5. The Labute approximate surface area is 473 Å². The number of quaternary nitrogens is 1. The molecule has 9 heteroatoms. The summed E-state index contributed by atoms with van der Waals surface area (Å²) in [6, 6.07) is -0.920. The molecule has 0 bridgehead atoms. The number of likely N-dealkylation sites (N-methyl/N-ethyl adjacent to an activating group) is 1. The Bertz CT molecular complexity index is 1810. The maximum Gasteiger partial charge on any atom is 0.268 e. The van der Waals surface area contributed by atoms with Gasteiger partial charge in [-0.2, -0.15) is 0 Å². The number of phosphoric acid groups is 1. The number of allylic oxidation sites excluding steroid dienone is 25. The van der Waals surface area contributed by atoms with Crippen LogP contribution in [0.5, 0.6) is 0 Å². The monoisotopic (exact) mass is 1080 g/mol. The summed E-state index contributed by atoms with van der Waals surface area (Å²) in [6.45, 7) is 4.47. The van der Waals surface area contributed by atoms with Gasteiger partial charge in [0.2, 0.25) is 5.91 Å². The molecular weight excluding hydrogens is 972 g/mol. The molecule has 77 heavy (non-hydrogen) atoms. The summed E-state index contributed by atoms with van der Waals surface area (Å²) in [5.41, 5.74) is 0. The number of nitrogens with one attached hydrogen (secondary N) is 1. The largest absolute Gasteiger partial charge is 0.756 e. The van der Waals surface area contributed by atoms with Crippen molar-refractivity contribution in [3.8, 4) is 0 Å². The van der Waals surface area contributed by atoms with Gasteiger partial charge in [-0.25, -0.2) is 0 Å². The first-order chi connectivity index (χ1) is 37.5. The molecule has 8 nitrogen and oxygen atoms in total. The lowest BCUT2D eigenvalue weighted by Gasteiger charge is -2.29. The Morgan fingerprint density at radius 2 is 0.805 bits per heavy atom. The topological polar surface area (TPSA) is 108 Å². The Balaban J connectivity index is 4.17. The lowest BCUT2D eigenvalue weighted by atomic mass is 10.1. The first kappa shape index (κ1) is 73.1. The number of rotatable bonds is 53. The number of hydrogen-bond donors (Lipinski definition) is 2. The van der Waals surface area contributed by atoms with Gasteiger partial charge in [0, 0.05) is 6.42 Å². The molecular formula is C68H113N2O6P. The van der Waals surface area contributed by atoms with E-state index in [1.165, 1.54) is 70.6 Å². The predicted octanol–water partition coefficient (Wildman–Crippen LogP) is 18.4. The van der Waals surface area contributed by atoms with Crippen LogP contribution in [0.15, 0.2) is 158 Å². The molecule has 0 aliphatic rings. The van der Waals surface area contributed by atoms with E-state index in [9.17, 15) is 19.4 Å². The SMILES string of the molecule is CC/C=C\C/C=C\C/C=C\C/C=C\C/C=C\C/C=C\C/C=C\C/C=C\C/C=C\C/C=C\C/C=C\CCCCCCCCCC(=O)NC(COP(=O)([O-])OCC[N+](C)(C)C)C(O)/C=C/CC/C=C/CCCCCCCCCC. The molecule has 3 unspecified atom stereocenters. The smallest absolute Gasteiger partial charge is 0.268 e. The molecule has 0 aliphatic carbocycles. The highest BCUT2D eigenvalue weighted by atomic mass is 31.2. The highest BCUT2D eigenvalue weighted by Gasteiger charge is 2.23. The molecule has 436 valence electrons. The Morgan fingerprint density at radius 3 is 1.21 bits per heavy atom. The minimum atomic E-state index is -4.62. The van der Waals surface area contributed by atoms with E-state index in [-0.39, 0.29) is 12.5 Å². The molecule has 0 aromatic carbocycles. The minimum absolute atomic E-state index is 0.0167. The zero-order chi connectivity index (χ0) is 56.3. The molecule has 0 radical (unpaired) electrons. The quantitative estimate of drug-likeness (QED) is 0.0272. The molecule has 0 aromatic heterocycles. The van der Waals surface area contributed by atoms with Gasteiger partial charge in [0.1, 0.15) is 13.2 Å². The van der Waals surface area contributed by atoms with Crippen LogP contribution in [0.2, 0.25) is 0 Å². The second kappa shape index (κ2) is 56.8. The molecule has 0 aliphatic heterocycles. The number of carbonyl (C=O) groups excluding carboxylic acids is 1. The fourth-order valence-electron chi connectivity index (χ4n) is 7.76. The average molecular weight is 1090 g/mol. The van der Waals surface area contributed by atoms with Gasteiger partial charge in [-0.15, -0.1) is 0 Å². The minimum Gasteiger partial charge on any atom is -0.756 e. The summed E-state index contributed by atoms with van der Waals surface area (Å²) < 4.78 is 23.3. The van der Waals surface area contributed by atoms with Gasteiger partial charge in [-0.3, -0.25) is 9.36 Å². The molecule has 2 N–H and O–H groups in total. The summed E-state index contributed by atoms with van der Waals surface area (Å²) in [6.07, 6.45) is 89.0. The fraction of sp³-hybridized carbons (Fsp3) is 0.603. The van der Waals surface area contributed by atoms with Crippen molar-refractivity contribution >= 4 is 13.7 Å². The van der Waals surface area contributed by atoms with E-state index >= 15 is 0 Å². The maximum atomic E-state index is 12.9. The van der Waals surface area contributed by atoms with Gasteiger partial charge in [-0.1, -0.05) is 249 Å². The Hall–Kier alpha value is -3.88. The van der Waals surface area contributed by atoms with Gasteiger partial charge in [0.05, 0.1) is 39.9 Å². The lowest BCUT2D eigenvalue weighted by Crippen LogP contribution is -2.45. The van der Waals surface area contributed by atoms with Crippen LogP contribution in [-0.2, 0) is 18.4 Å². The third-order valence-electron chi connectivity index (χ3n) is 12.5. The van der Waals surface area contributed by atoms with Gasteiger partial charge < -0.3 is 28.8 Å². The van der Waals surface area contributed by atoms with Crippen molar-refractivity contribution in [1.29, 1.82) is 0 Å². The Kier molecular flexibility index (Phi) is 54.0. The third-order valence-corrected chi connectivity index (χ3v) is 13.4. The summed E-state index contributed by atoms with van der Waals surface area (Å²) >= 11 is 0. The van der Waals surface area contributed by atoms with Crippen LogP contribution in [0.1, 0.15) is 213 Å². The molecule has 0 spiro atoms. The first-order valence-corrected chi connectivity index (χ1v) is 31.8. The van der Waals surface area contributed by atoms with E-state index < -0.39 is 26.6 Å². The van der Waals surface area contributed by atoms with Crippen LogP contribution in [0, 0.1) is 0 Å². The number of unbranched alkanes of at least 4 members (excludes halogenated alkanes) is 16. The van der Waals surface area contributed by atoms with Gasteiger partial charge in [0.15, 0.2) is 0 Å². The van der Waals surface area contributed by atoms with Gasteiger partial charge in [-0.05, 0) is 116 Å². The number of aliphatic hydroxyl groups excluding tert-OH is 1. The van der Waals surface area contributed by atoms with E-state index in [0.29, 0.717) is 17.4 Å². The molecule has 0 rings (SSSR count). The van der Waals surface area contributed by atoms with E-state index in [0.717, 1.165) is 122 Å². The number of aliphatic hydroxyl groups is 1.